The van der Waals surface area contributed by atoms with Crippen molar-refractivity contribution < 1.29 is 8.42 Å². The molecule has 0 aromatic carbocycles. The molecule has 4 nitrogen and oxygen atoms in total. The summed E-state index contributed by atoms with van der Waals surface area (Å²) in [4.78, 5) is 0. The molecule has 0 heterocycles. The van der Waals surface area contributed by atoms with Crippen molar-refractivity contribution in [2.45, 2.75) is 39.2 Å². The van der Waals surface area contributed by atoms with Gasteiger partial charge in [0.05, 0.1) is 5.75 Å². The monoisotopic (exact) mass is 246 g/mol. The highest BCUT2D eigenvalue weighted by atomic mass is 32.2. The zero-order chi connectivity index (χ0) is 11.8. The molecule has 1 atom stereocenters. The van der Waals surface area contributed by atoms with Crippen molar-refractivity contribution in [1.29, 1.82) is 0 Å². The molecule has 16 heavy (non-hydrogen) atoms. The second kappa shape index (κ2) is 4.27. The summed E-state index contributed by atoms with van der Waals surface area (Å²) in [7, 11) is -3.07. The van der Waals surface area contributed by atoms with E-state index in [0.717, 1.165) is 6.42 Å². The first kappa shape index (κ1) is 12.3. The molecule has 0 aliphatic heterocycles. The zero-order valence-corrected chi connectivity index (χ0v) is 10.9. The van der Waals surface area contributed by atoms with Gasteiger partial charge in [-0.15, -0.1) is 0 Å². The molecule has 0 saturated heterocycles. The standard InChI is InChI=1S/C11H22N2O2S/c1-11(2)7-9(11)8-13-16(14,15)6-5-12-10-3-4-10/h9-10,12-13H,3-8H2,1-2H3. The molecule has 0 amide bonds. The largest absolute Gasteiger partial charge is 0.313 e. The van der Waals surface area contributed by atoms with E-state index in [1.165, 1.54) is 12.8 Å². The highest BCUT2D eigenvalue weighted by Crippen LogP contribution is 2.51. The Bertz CT molecular complexity index is 347. The Labute approximate surface area is 98.2 Å². The molecule has 0 aromatic rings. The second-order valence-electron chi connectivity index (χ2n) is 5.79. The van der Waals surface area contributed by atoms with Crippen LogP contribution in [0.5, 0.6) is 0 Å². The molecule has 0 aromatic heterocycles. The van der Waals surface area contributed by atoms with Gasteiger partial charge < -0.3 is 5.32 Å². The average Bonchev–Trinajstić information content (AvgIpc) is 3.02. The molecule has 1 unspecified atom stereocenters. The van der Waals surface area contributed by atoms with Crippen LogP contribution in [-0.4, -0.2) is 33.3 Å². The van der Waals surface area contributed by atoms with Crippen LogP contribution >= 0.6 is 0 Å². The molecule has 2 aliphatic carbocycles. The summed E-state index contributed by atoms with van der Waals surface area (Å²) >= 11 is 0. The molecule has 2 aliphatic rings. The Kier molecular flexibility index (Phi) is 3.29. The smallest absolute Gasteiger partial charge is 0.212 e. The van der Waals surface area contributed by atoms with Crippen LogP contribution in [0.3, 0.4) is 0 Å². The van der Waals surface area contributed by atoms with Crippen LogP contribution in [0, 0.1) is 11.3 Å². The summed E-state index contributed by atoms with van der Waals surface area (Å²) in [5, 5.41) is 3.21. The predicted molar refractivity (Wildman–Crippen MR) is 64.7 cm³/mol. The van der Waals surface area contributed by atoms with E-state index >= 15 is 0 Å². The van der Waals surface area contributed by atoms with Gasteiger partial charge in [0.1, 0.15) is 0 Å². The van der Waals surface area contributed by atoms with Gasteiger partial charge in [-0.05, 0) is 30.6 Å². The second-order valence-corrected chi connectivity index (χ2v) is 7.71. The third-order valence-electron chi connectivity index (χ3n) is 3.65. The summed E-state index contributed by atoms with van der Waals surface area (Å²) < 4.78 is 26.0. The van der Waals surface area contributed by atoms with Crippen molar-refractivity contribution in [3.8, 4) is 0 Å². The van der Waals surface area contributed by atoms with Crippen LogP contribution in [0.2, 0.25) is 0 Å². The quantitative estimate of drug-likeness (QED) is 0.695. The fourth-order valence-corrected chi connectivity index (χ4v) is 2.90. The average molecular weight is 246 g/mol. The lowest BCUT2D eigenvalue weighted by Gasteiger charge is -2.08. The van der Waals surface area contributed by atoms with Gasteiger partial charge >= 0.3 is 0 Å². The lowest BCUT2D eigenvalue weighted by Crippen LogP contribution is -2.34. The Morgan fingerprint density at radius 1 is 1.31 bits per heavy atom. The van der Waals surface area contributed by atoms with Gasteiger partial charge in [-0.25, -0.2) is 13.1 Å². The first-order valence-electron chi connectivity index (χ1n) is 6.10. The number of hydrogen-bond donors (Lipinski definition) is 2. The van der Waals surface area contributed by atoms with Gasteiger partial charge in [-0.1, -0.05) is 13.8 Å². The maximum Gasteiger partial charge on any atom is 0.212 e. The molecule has 0 radical (unpaired) electrons. The lowest BCUT2D eigenvalue weighted by molar-refractivity contribution is 0.536. The number of nitrogens with one attached hydrogen (secondary N) is 2. The van der Waals surface area contributed by atoms with Crippen molar-refractivity contribution in [2.24, 2.45) is 11.3 Å². The Morgan fingerprint density at radius 3 is 2.44 bits per heavy atom. The maximum atomic E-state index is 11.6. The van der Waals surface area contributed by atoms with Gasteiger partial charge in [0.25, 0.3) is 0 Å². The molecule has 2 rings (SSSR count). The minimum Gasteiger partial charge on any atom is -0.313 e. The van der Waals surface area contributed by atoms with Crippen molar-refractivity contribution >= 4 is 10.0 Å². The van der Waals surface area contributed by atoms with Crippen molar-refractivity contribution in [1.82, 2.24) is 10.0 Å². The van der Waals surface area contributed by atoms with Crippen LogP contribution in [0.1, 0.15) is 33.1 Å². The van der Waals surface area contributed by atoms with Crippen LogP contribution < -0.4 is 10.0 Å². The number of hydrogen-bond acceptors (Lipinski definition) is 3. The van der Waals surface area contributed by atoms with E-state index in [9.17, 15) is 8.42 Å². The summed E-state index contributed by atoms with van der Waals surface area (Å²) in [5.41, 5.74) is 0.342. The van der Waals surface area contributed by atoms with E-state index in [1.807, 2.05) is 0 Å². The molecular weight excluding hydrogens is 224 g/mol. The van der Waals surface area contributed by atoms with Gasteiger partial charge in [0.15, 0.2) is 0 Å². The highest BCUT2D eigenvalue weighted by Gasteiger charge is 2.45. The summed E-state index contributed by atoms with van der Waals surface area (Å²) in [6, 6.07) is 0.581. The highest BCUT2D eigenvalue weighted by molar-refractivity contribution is 7.89. The van der Waals surface area contributed by atoms with Crippen molar-refractivity contribution in [3.63, 3.8) is 0 Å². The summed E-state index contributed by atoms with van der Waals surface area (Å²) in [5.74, 6) is 0.732. The van der Waals surface area contributed by atoms with E-state index in [-0.39, 0.29) is 5.75 Å². The third-order valence-corrected chi connectivity index (χ3v) is 5.00. The zero-order valence-electron chi connectivity index (χ0n) is 10.1. The minimum absolute atomic E-state index is 0.205. The summed E-state index contributed by atoms with van der Waals surface area (Å²) in [6.07, 6.45) is 3.53. The SMILES string of the molecule is CC1(C)CC1CNS(=O)(=O)CCNC1CC1. The van der Waals surface area contributed by atoms with Gasteiger partial charge in [0, 0.05) is 19.1 Å². The normalized spacial score (nSPS) is 28.0. The molecular formula is C11H22N2O2S. The van der Waals surface area contributed by atoms with E-state index in [2.05, 4.69) is 23.9 Å². The molecule has 0 bridgehead atoms. The first-order chi connectivity index (χ1) is 7.39. The van der Waals surface area contributed by atoms with Crippen molar-refractivity contribution in [3.05, 3.63) is 0 Å². The number of sulfonamides is 1. The fraction of sp³-hybridized carbons (Fsp3) is 1.00. The lowest BCUT2D eigenvalue weighted by atomic mass is 10.1. The van der Waals surface area contributed by atoms with E-state index in [4.69, 9.17) is 0 Å². The first-order valence-corrected chi connectivity index (χ1v) is 7.75. The van der Waals surface area contributed by atoms with Gasteiger partial charge in [-0.3, -0.25) is 0 Å². The topological polar surface area (TPSA) is 58.2 Å². The summed E-state index contributed by atoms with van der Waals surface area (Å²) in [6.45, 7) is 5.55. The van der Waals surface area contributed by atoms with Crippen LogP contribution in [0.25, 0.3) is 0 Å². The van der Waals surface area contributed by atoms with Crippen molar-refractivity contribution in [2.75, 3.05) is 18.8 Å². The fourth-order valence-electron chi connectivity index (χ4n) is 1.91. The van der Waals surface area contributed by atoms with Crippen LogP contribution in [-0.2, 0) is 10.0 Å². The molecule has 5 heteroatoms. The Balaban J connectivity index is 1.62. The molecule has 2 fully saturated rings. The molecule has 2 saturated carbocycles. The Hall–Kier alpha value is -0.130. The van der Waals surface area contributed by atoms with Gasteiger partial charge in [0.2, 0.25) is 10.0 Å². The van der Waals surface area contributed by atoms with E-state index in [1.54, 1.807) is 0 Å². The van der Waals surface area contributed by atoms with E-state index in [0.29, 0.717) is 30.5 Å². The van der Waals surface area contributed by atoms with E-state index < -0.39 is 10.0 Å². The Morgan fingerprint density at radius 2 is 1.94 bits per heavy atom. The van der Waals surface area contributed by atoms with Crippen LogP contribution in [0.4, 0.5) is 0 Å². The van der Waals surface area contributed by atoms with Crippen LogP contribution in [0.15, 0.2) is 0 Å². The maximum absolute atomic E-state index is 11.6. The minimum atomic E-state index is -3.07. The predicted octanol–water partition coefficient (Wildman–Crippen LogP) is 0.704. The number of rotatable bonds is 7. The third kappa shape index (κ3) is 3.71. The molecule has 94 valence electrons. The molecule has 2 N–H and O–H groups in total. The van der Waals surface area contributed by atoms with Gasteiger partial charge in [-0.2, -0.15) is 0 Å². The molecule has 0 spiro atoms.